The SMILES string of the molecule is Cc1cc(C)cc(-n2c(SCC(=O)Nc3cc(C)nn3C)nc3ccccc3c2=O)c1. The molecule has 4 aromatic rings. The number of para-hydroxylation sites is 1. The molecule has 0 aliphatic carbocycles. The predicted octanol–water partition coefficient (Wildman–Crippen LogP) is 3.78. The van der Waals surface area contributed by atoms with Crippen LogP contribution < -0.4 is 10.9 Å². The highest BCUT2D eigenvalue weighted by Gasteiger charge is 2.16. The van der Waals surface area contributed by atoms with Gasteiger partial charge in [0, 0.05) is 13.1 Å². The van der Waals surface area contributed by atoms with Crippen molar-refractivity contribution >= 4 is 34.4 Å². The fourth-order valence-corrected chi connectivity index (χ4v) is 4.37. The number of hydrogen-bond acceptors (Lipinski definition) is 5. The molecule has 158 valence electrons. The van der Waals surface area contributed by atoms with Crippen LogP contribution in [0.2, 0.25) is 0 Å². The lowest BCUT2D eigenvalue weighted by Crippen LogP contribution is -2.23. The molecular formula is C23H23N5O2S. The van der Waals surface area contributed by atoms with Crippen LogP contribution in [-0.2, 0) is 11.8 Å². The number of amides is 1. The summed E-state index contributed by atoms with van der Waals surface area (Å²) in [5.74, 6) is 0.545. The molecule has 1 N–H and O–H groups in total. The van der Waals surface area contributed by atoms with Crippen LogP contribution in [0.1, 0.15) is 16.8 Å². The van der Waals surface area contributed by atoms with Crippen LogP contribution in [0.5, 0.6) is 0 Å². The maximum absolute atomic E-state index is 13.4. The summed E-state index contributed by atoms with van der Waals surface area (Å²) in [7, 11) is 1.78. The van der Waals surface area contributed by atoms with Gasteiger partial charge in [0.25, 0.3) is 5.56 Å². The highest BCUT2D eigenvalue weighted by Crippen LogP contribution is 2.23. The Morgan fingerprint density at radius 1 is 1.06 bits per heavy atom. The zero-order chi connectivity index (χ0) is 22.1. The van der Waals surface area contributed by atoms with Gasteiger partial charge >= 0.3 is 0 Å². The van der Waals surface area contributed by atoms with Crippen LogP contribution in [0.15, 0.2) is 58.5 Å². The second-order valence-corrected chi connectivity index (χ2v) is 8.47. The zero-order valence-corrected chi connectivity index (χ0v) is 18.7. The van der Waals surface area contributed by atoms with Crippen molar-refractivity contribution in [3.05, 3.63) is 75.7 Å². The minimum Gasteiger partial charge on any atom is -0.310 e. The first-order chi connectivity index (χ1) is 14.8. The number of carbonyl (C=O) groups is 1. The van der Waals surface area contributed by atoms with Crippen molar-refractivity contribution < 1.29 is 4.79 Å². The Bertz CT molecular complexity index is 1340. The van der Waals surface area contributed by atoms with Gasteiger partial charge in [-0.25, -0.2) is 4.98 Å². The first kappa shape index (κ1) is 20.9. The quantitative estimate of drug-likeness (QED) is 0.383. The van der Waals surface area contributed by atoms with Crippen LogP contribution >= 0.6 is 11.8 Å². The number of nitrogens with zero attached hydrogens (tertiary/aromatic N) is 4. The molecule has 0 fully saturated rings. The summed E-state index contributed by atoms with van der Waals surface area (Å²) in [5, 5.41) is 8.11. The first-order valence-corrected chi connectivity index (χ1v) is 10.8. The summed E-state index contributed by atoms with van der Waals surface area (Å²) >= 11 is 1.23. The molecule has 2 heterocycles. The van der Waals surface area contributed by atoms with Crippen molar-refractivity contribution in [3.8, 4) is 5.69 Å². The number of carbonyl (C=O) groups excluding carboxylic acids is 1. The molecule has 0 saturated carbocycles. The molecule has 0 aliphatic heterocycles. The van der Waals surface area contributed by atoms with Crippen molar-refractivity contribution in [3.63, 3.8) is 0 Å². The Balaban J connectivity index is 1.71. The number of thioether (sulfide) groups is 1. The molecule has 1 amide bonds. The van der Waals surface area contributed by atoms with Gasteiger partial charge in [-0.2, -0.15) is 5.10 Å². The van der Waals surface area contributed by atoms with Crippen LogP contribution in [-0.4, -0.2) is 31.0 Å². The molecule has 7 nitrogen and oxygen atoms in total. The van der Waals surface area contributed by atoms with E-state index < -0.39 is 0 Å². The number of fused-ring (bicyclic) bond motifs is 1. The van der Waals surface area contributed by atoms with Gasteiger partial charge in [-0.05, 0) is 56.2 Å². The fourth-order valence-electron chi connectivity index (χ4n) is 3.55. The average molecular weight is 434 g/mol. The van der Waals surface area contributed by atoms with Gasteiger partial charge < -0.3 is 5.32 Å². The third kappa shape index (κ3) is 4.39. The Morgan fingerprint density at radius 2 is 1.77 bits per heavy atom. The summed E-state index contributed by atoms with van der Waals surface area (Å²) in [6.45, 7) is 5.85. The second kappa shape index (κ2) is 8.39. The van der Waals surface area contributed by atoms with Crippen molar-refractivity contribution in [1.82, 2.24) is 19.3 Å². The normalized spacial score (nSPS) is 11.1. The van der Waals surface area contributed by atoms with Gasteiger partial charge in [0.05, 0.1) is 28.0 Å². The zero-order valence-electron chi connectivity index (χ0n) is 17.8. The minimum absolute atomic E-state index is 0.111. The monoisotopic (exact) mass is 433 g/mol. The van der Waals surface area contributed by atoms with Crippen LogP contribution in [0, 0.1) is 20.8 Å². The highest BCUT2D eigenvalue weighted by atomic mass is 32.2. The van der Waals surface area contributed by atoms with E-state index in [9.17, 15) is 9.59 Å². The van der Waals surface area contributed by atoms with E-state index in [1.165, 1.54) is 11.8 Å². The smallest absolute Gasteiger partial charge is 0.266 e. The van der Waals surface area contributed by atoms with Gasteiger partial charge in [-0.15, -0.1) is 0 Å². The largest absolute Gasteiger partial charge is 0.310 e. The van der Waals surface area contributed by atoms with Crippen molar-refractivity contribution in [2.24, 2.45) is 7.05 Å². The van der Waals surface area contributed by atoms with E-state index >= 15 is 0 Å². The molecule has 8 heteroatoms. The fraction of sp³-hybridized carbons (Fsp3) is 0.217. The lowest BCUT2D eigenvalue weighted by molar-refractivity contribution is -0.113. The van der Waals surface area contributed by atoms with Gasteiger partial charge in [0.15, 0.2) is 5.16 Å². The third-order valence-corrected chi connectivity index (χ3v) is 5.75. The Labute approximate surface area is 184 Å². The highest BCUT2D eigenvalue weighted by molar-refractivity contribution is 7.99. The lowest BCUT2D eigenvalue weighted by atomic mass is 10.1. The summed E-state index contributed by atoms with van der Waals surface area (Å²) in [6.07, 6.45) is 0. The van der Waals surface area contributed by atoms with Crippen molar-refractivity contribution in [2.45, 2.75) is 25.9 Å². The summed E-state index contributed by atoms with van der Waals surface area (Å²) < 4.78 is 3.21. The molecule has 0 radical (unpaired) electrons. The van der Waals surface area contributed by atoms with Gasteiger partial charge in [0.1, 0.15) is 5.82 Å². The first-order valence-electron chi connectivity index (χ1n) is 9.85. The average Bonchev–Trinajstić information content (AvgIpc) is 3.02. The Kier molecular flexibility index (Phi) is 5.65. The maximum Gasteiger partial charge on any atom is 0.266 e. The third-order valence-electron chi connectivity index (χ3n) is 4.81. The molecule has 0 aliphatic rings. The van der Waals surface area contributed by atoms with Gasteiger partial charge in [-0.3, -0.25) is 18.8 Å². The number of anilines is 1. The number of nitrogens with one attached hydrogen (secondary N) is 1. The molecule has 0 saturated heterocycles. The molecule has 31 heavy (non-hydrogen) atoms. The summed E-state index contributed by atoms with van der Waals surface area (Å²) in [5.41, 5.74) is 4.13. The van der Waals surface area contributed by atoms with E-state index in [1.54, 1.807) is 22.4 Å². The molecule has 0 bridgehead atoms. The number of hydrogen-bond donors (Lipinski definition) is 1. The molecule has 4 rings (SSSR count). The summed E-state index contributed by atoms with van der Waals surface area (Å²) in [6, 6.07) is 15.0. The van der Waals surface area contributed by atoms with Crippen molar-refractivity contribution in [1.29, 1.82) is 0 Å². The standard InChI is InChI=1S/C23H23N5O2S/c1-14-9-15(2)11-17(10-14)28-22(30)18-7-5-6-8-19(18)24-23(28)31-13-21(29)25-20-12-16(3)26-27(20)4/h5-12H,13H2,1-4H3,(H,25,29). The van der Waals surface area contributed by atoms with E-state index in [4.69, 9.17) is 4.98 Å². The number of aromatic nitrogens is 4. The predicted molar refractivity (Wildman–Crippen MR) is 124 cm³/mol. The van der Waals surface area contributed by atoms with Crippen LogP contribution in [0.3, 0.4) is 0 Å². The van der Waals surface area contributed by atoms with Gasteiger partial charge in [-0.1, -0.05) is 30.0 Å². The van der Waals surface area contributed by atoms with E-state index in [0.717, 1.165) is 22.5 Å². The summed E-state index contributed by atoms with van der Waals surface area (Å²) in [4.78, 5) is 30.6. The Morgan fingerprint density at radius 3 is 2.45 bits per heavy atom. The van der Waals surface area contributed by atoms with E-state index in [-0.39, 0.29) is 17.2 Å². The minimum atomic E-state index is -0.192. The number of rotatable bonds is 5. The molecule has 0 atom stereocenters. The maximum atomic E-state index is 13.4. The van der Waals surface area contributed by atoms with Crippen LogP contribution in [0.25, 0.3) is 16.6 Å². The van der Waals surface area contributed by atoms with Gasteiger partial charge in [0.2, 0.25) is 5.91 Å². The molecule has 2 aromatic heterocycles. The van der Waals surface area contributed by atoms with E-state index in [0.29, 0.717) is 21.9 Å². The topological polar surface area (TPSA) is 81.8 Å². The van der Waals surface area contributed by atoms with E-state index in [1.807, 2.05) is 57.2 Å². The van der Waals surface area contributed by atoms with Crippen LogP contribution in [0.4, 0.5) is 5.82 Å². The Hall–Kier alpha value is -3.39. The lowest BCUT2D eigenvalue weighted by Gasteiger charge is -2.14. The number of aryl methyl sites for hydroxylation is 4. The molecule has 2 aromatic carbocycles. The second-order valence-electron chi connectivity index (χ2n) is 7.53. The number of benzene rings is 2. The molecule has 0 spiro atoms. The molecular weight excluding hydrogens is 410 g/mol. The molecule has 0 unspecified atom stereocenters. The van der Waals surface area contributed by atoms with Crippen molar-refractivity contribution in [2.75, 3.05) is 11.1 Å². The van der Waals surface area contributed by atoms with E-state index in [2.05, 4.69) is 16.5 Å².